The van der Waals surface area contributed by atoms with E-state index in [9.17, 15) is 4.79 Å². The van der Waals surface area contributed by atoms with E-state index in [4.69, 9.17) is 0 Å². The Bertz CT molecular complexity index is 630. The van der Waals surface area contributed by atoms with Gasteiger partial charge in [-0.15, -0.1) is 0 Å². The Morgan fingerprint density at radius 1 is 1.47 bits per heavy atom. The predicted octanol–water partition coefficient (Wildman–Crippen LogP) is 1.59. The number of aryl methyl sites for hydroxylation is 1. The SMILES string of the molecule is CCn1c2c(c3ccccc31)C(C(=O)NC)CNC2. The van der Waals surface area contributed by atoms with Crippen LogP contribution in [0.5, 0.6) is 0 Å². The first-order valence-electron chi connectivity index (χ1n) is 6.80. The van der Waals surface area contributed by atoms with Gasteiger partial charge in [-0.25, -0.2) is 0 Å². The van der Waals surface area contributed by atoms with Crippen molar-refractivity contribution in [2.75, 3.05) is 13.6 Å². The van der Waals surface area contributed by atoms with Crippen molar-refractivity contribution in [1.29, 1.82) is 0 Å². The highest BCUT2D eigenvalue weighted by atomic mass is 16.1. The Labute approximate surface area is 112 Å². The summed E-state index contributed by atoms with van der Waals surface area (Å²) in [6.07, 6.45) is 0. The molecule has 19 heavy (non-hydrogen) atoms. The number of para-hydroxylation sites is 1. The van der Waals surface area contributed by atoms with Crippen LogP contribution in [-0.4, -0.2) is 24.1 Å². The average molecular weight is 257 g/mol. The highest BCUT2D eigenvalue weighted by molar-refractivity contribution is 5.94. The van der Waals surface area contributed by atoms with Crippen LogP contribution in [0.3, 0.4) is 0 Å². The number of rotatable bonds is 2. The number of likely N-dealkylation sites (N-methyl/N-ethyl adjacent to an activating group) is 1. The maximum absolute atomic E-state index is 12.1. The van der Waals surface area contributed by atoms with Crippen LogP contribution in [0.1, 0.15) is 24.1 Å². The number of nitrogens with one attached hydrogen (secondary N) is 2. The molecule has 4 heteroatoms. The summed E-state index contributed by atoms with van der Waals surface area (Å²) >= 11 is 0. The first-order valence-corrected chi connectivity index (χ1v) is 6.80. The lowest BCUT2D eigenvalue weighted by molar-refractivity contribution is -0.122. The maximum Gasteiger partial charge on any atom is 0.228 e. The van der Waals surface area contributed by atoms with Gasteiger partial charge in [0.05, 0.1) is 5.92 Å². The first kappa shape index (κ1) is 12.2. The molecule has 0 bridgehead atoms. The maximum atomic E-state index is 12.1. The number of carbonyl (C=O) groups is 1. The largest absolute Gasteiger partial charge is 0.359 e. The summed E-state index contributed by atoms with van der Waals surface area (Å²) in [5.74, 6) is -0.00101. The number of hydrogen-bond donors (Lipinski definition) is 2. The van der Waals surface area contributed by atoms with Crippen LogP contribution in [0.2, 0.25) is 0 Å². The van der Waals surface area contributed by atoms with Crippen molar-refractivity contribution in [3.05, 3.63) is 35.5 Å². The van der Waals surface area contributed by atoms with Crippen molar-refractivity contribution in [2.45, 2.75) is 25.9 Å². The molecule has 1 aromatic carbocycles. The number of benzene rings is 1. The third-order valence-electron chi connectivity index (χ3n) is 3.99. The van der Waals surface area contributed by atoms with Crippen LogP contribution in [0, 0.1) is 0 Å². The Kier molecular flexibility index (Phi) is 3.03. The van der Waals surface area contributed by atoms with Crippen LogP contribution >= 0.6 is 0 Å². The van der Waals surface area contributed by atoms with E-state index in [1.54, 1.807) is 7.05 Å². The summed E-state index contributed by atoms with van der Waals surface area (Å²) in [7, 11) is 1.70. The van der Waals surface area contributed by atoms with Crippen LogP contribution < -0.4 is 10.6 Å². The fourth-order valence-electron chi connectivity index (χ4n) is 3.16. The third-order valence-corrected chi connectivity index (χ3v) is 3.99. The summed E-state index contributed by atoms with van der Waals surface area (Å²) in [5, 5.41) is 7.36. The number of nitrogens with zero attached hydrogens (tertiary/aromatic N) is 1. The van der Waals surface area contributed by atoms with Gasteiger partial charge in [-0.1, -0.05) is 18.2 Å². The van der Waals surface area contributed by atoms with Gasteiger partial charge < -0.3 is 15.2 Å². The molecule has 0 aliphatic carbocycles. The number of fused-ring (bicyclic) bond motifs is 3. The molecule has 2 aromatic rings. The predicted molar refractivity (Wildman–Crippen MR) is 76.1 cm³/mol. The second kappa shape index (κ2) is 4.70. The molecular formula is C15H19N3O. The number of amides is 1. The Hall–Kier alpha value is -1.81. The zero-order valence-electron chi connectivity index (χ0n) is 11.4. The van der Waals surface area contributed by atoms with E-state index < -0.39 is 0 Å². The van der Waals surface area contributed by atoms with Crippen molar-refractivity contribution in [1.82, 2.24) is 15.2 Å². The molecule has 2 heterocycles. The van der Waals surface area contributed by atoms with Crippen molar-refractivity contribution in [2.24, 2.45) is 0 Å². The summed E-state index contributed by atoms with van der Waals surface area (Å²) in [5.41, 5.74) is 3.69. The molecule has 0 fully saturated rings. The zero-order chi connectivity index (χ0) is 13.4. The molecule has 1 atom stereocenters. The molecule has 0 saturated carbocycles. The minimum absolute atomic E-state index is 0.0902. The van der Waals surface area contributed by atoms with Crippen molar-refractivity contribution < 1.29 is 4.79 Å². The molecule has 4 nitrogen and oxygen atoms in total. The average Bonchev–Trinajstić information content (AvgIpc) is 2.80. The van der Waals surface area contributed by atoms with Crippen molar-refractivity contribution >= 4 is 16.8 Å². The van der Waals surface area contributed by atoms with Crippen molar-refractivity contribution in [3.8, 4) is 0 Å². The summed E-state index contributed by atoms with van der Waals surface area (Å²) < 4.78 is 2.31. The Balaban J connectivity index is 2.28. The van der Waals surface area contributed by atoms with Gasteiger partial charge in [0.2, 0.25) is 5.91 Å². The lowest BCUT2D eigenvalue weighted by Crippen LogP contribution is -2.37. The fourth-order valence-corrected chi connectivity index (χ4v) is 3.16. The van der Waals surface area contributed by atoms with Gasteiger partial charge in [-0.05, 0) is 18.6 Å². The molecule has 2 N–H and O–H groups in total. The van der Waals surface area contributed by atoms with E-state index >= 15 is 0 Å². The quantitative estimate of drug-likeness (QED) is 0.858. The number of carbonyl (C=O) groups excluding carboxylic acids is 1. The second-order valence-electron chi connectivity index (χ2n) is 4.92. The first-order chi connectivity index (χ1) is 9.27. The molecule has 3 rings (SSSR count). The molecule has 1 aliphatic rings. The number of aromatic nitrogens is 1. The van der Waals surface area contributed by atoms with E-state index in [0.717, 1.165) is 13.1 Å². The molecule has 0 spiro atoms. The van der Waals surface area contributed by atoms with E-state index in [0.29, 0.717) is 6.54 Å². The van der Waals surface area contributed by atoms with Crippen LogP contribution in [0.15, 0.2) is 24.3 Å². The fraction of sp³-hybridized carbons (Fsp3) is 0.400. The van der Waals surface area contributed by atoms with E-state index in [-0.39, 0.29) is 11.8 Å². The van der Waals surface area contributed by atoms with Crippen LogP contribution in [-0.2, 0) is 17.9 Å². The molecule has 0 radical (unpaired) electrons. The molecule has 1 amide bonds. The van der Waals surface area contributed by atoms with Gasteiger partial charge in [-0.3, -0.25) is 4.79 Å². The molecule has 1 aromatic heterocycles. The van der Waals surface area contributed by atoms with Gasteiger partial charge >= 0.3 is 0 Å². The second-order valence-corrected chi connectivity index (χ2v) is 4.92. The van der Waals surface area contributed by atoms with E-state index in [1.807, 2.05) is 6.07 Å². The van der Waals surface area contributed by atoms with Gasteiger partial charge in [0, 0.05) is 43.3 Å². The van der Waals surface area contributed by atoms with E-state index in [1.165, 1.54) is 22.2 Å². The van der Waals surface area contributed by atoms with E-state index in [2.05, 4.69) is 40.3 Å². The van der Waals surface area contributed by atoms with Crippen molar-refractivity contribution in [3.63, 3.8) is 0 Å². The standard InChI is InChI=1S/C15H19N3O/c1-3-18-12-7-5-4-6-10(12)14-11(15(19)16-2)8-17-9-13(14)18/h4-7,11,17H,3,8-9H2,1-2H3,(H,16,19). The number of hydrogen-bond acceptors (Lipinski definition) is 2. The topological polar surface area (TPSA) is 46.1 Å². The summed E-state index contributed by atoms with van der Waals surface area (Å²) in [4.78, 5) is 12.1. The lowest BCUT2D eigenvalue weighted by Gasteiger charge is -2.24. The highest BCUT2D eigenvalue weighted by Gasteiger charge is 2.30. The Morgan fingerprint density at radius 2 is 2.26 bits per heavy atom. The van der Waals surface area contributed by atoms with Gasteiger partial charge in [0.15, 0.2) is 0 Å². The van der Waals surface area contributed by atoms with Crippen LogP contribution in [0.4, 0.5) is 0 Å². The van der Waals surface area contributed by atoms with Gasteiger partial charge in [-0.2, -0.15) is 0 Å². The van der Waals surface area contributed by atoms with Gasteiger partial charge in [0.25, 0.3) is 0 Å². The summed E-state index contributed by atoms with van der Waals surface area (Å²) in [6.45, 7) is 4.63. The molecule has 100 valence electrons. The highest BCUT2D eigenvalue weighted by Crippen LogP contribution is 2.34. The summed E-state index contributed by atoms with van der Waals surface area (Å²) in [6, 6.07) is 8.37. The molecule has 1 unspecified atom stereocenters. The smallest absolute Gasteiger partial charge is 0.228 e. The van der Waals surface area contributed by atoms with Crippen LogP contribution in [0.25, 0.3) is 10.9 Å². The molecule has 0 saturated heterocycles. The minimum Gasteiger partial charge on any atom is -0.359 e. The molecular weight excluding hydrogens is 238 g/mol. The molecule has 1 aliphatic heterocycles. The van der Waals surface area contributed by atoms with Gasteiger partial charge in [0.1, 0.15) is 0 Å². The lowest BCUT2D eigenvalue weighted by atomic mass is 9.92. The third kappa shape index (κ3) is 1.75. The Morgan fingerprint density at radius 3 is 3.00 bits per heavy atom. The monoisotopic (exact) mass is 257 g/mol. The normalized spacial score (nSPS) is 18.3. The minimum atomic E-state index is -0.0913. The zero-order valence-corrected chi connectivity index (χ0v) is 11.4.